The minimum absolute atomic E-state index is 0.223. The molecule has 0 amide bonds. The summed E-state index contributed by atoms with van der Waals surface area (Å²) < 4.78 is 0. The summed E-state index contributed by atoms with van der Waals surface area (Å²) in [5.74, 6) is 0.223. The summed E-state index contributed by atoms with van der Waals surface area (Å²) in [6, 6.07) is 5.21. The molecular weight excluding hydrogens is 291 g/mol. The lowest BCUT2D eigenvalue weighted by Gasteiger charge is -2.08. The van der Waals surface area contributed by atoms with Crippen molar-refractivity contribution < 1.29 is 5.03 Å². The van der Waals surface area contributed by atoms with Crippen LogP contribution in [0.4, 0.5) is 0 Å². The first-order valence-electron chi connectivity index (χ1n) is 5.43. The Bertz CT molecular complexity index is 560. The highest BCUT2D eigenvalue weighted by molar-refractivity contribution is 6.42. The van der Waals surface area contributed by atoms with Crippen LogP contribution in [-0.2, 0) is 0 Å². The number of nitro groups is 1. The minimum atomic E-state index is -0.729. The monoisotopic (exact) mass is 300 g/mol. The van der Waals surface area contributed by atoms with Crippen LogP contribution < -0.4 is 5.32 Å². The van der Waals surface area contributed by atoms with Crippen LogP contribution in [0.1, 0.15) is 5.56 Å². The van der Waals surface area contributed by atoms with Crippen molar-refractivity contribution in [1.82, 2.24) is 10.2 Å². The lowest BCUT2D eigenvalue weighted by Crippen LogP contribution is -2.26. The van der Waals surface area contributed by atoms with Crippen LogP contribution in [0.2, 0.25) is 10.0 Å². The van der Waals surface area contributed by atoms with Gasteiger partial charge >= 0.3 is 0 Å². The van der Waals surface area contributed by atoms with Gasteiger partial charge in [-0.15, -0.1) is 0 Å². The van der Waals surface area contributed by atoms with Crippen LogP contribution >= 0.6 is 23.2 Å². The number of nitrogens with zero attached hydrogens (tertiary/aromatic N) is 3. The molecule has 1 aromatic rings. The summed E-state index contributed by atoms with van der Waals surface area (Å²) >= 11 is 11.7. The largest absolute Gasteiger partial charge is 0.349 e. The number of hydrogen-bond acceptors (Lipinski definition) is 2. The summed E-state index contributed by atoms with van der Waals surface area (Å²) in [6.45, 7) is 1.23. The topological polar surface area (TPSA) is 70.8 Å². The van der Waals surface area contributed by atoms with Crippen LogP contribution in [-0.4, -0.2) is 29.0 Å². The van der Waals surface area contributed by atoms with Crippen molar-refractivity contribution in [1.29, 1.82) is 0 Å². The fourth-order valence-electron chi connectivity index (χ4n) is 1.60. The summed E-state index contributed by atoms with van der Waals surface area (Å²) in [4.78, 5) is 12.0. The molecule has 8 heteroatoms. The number of guanidine groups is 1. The van der Waals surface area contributed by atoms with Gasteiger partial charge in [-0.1, -0.05) is 29.3 Å². The molecule has 100 valence electrons. The molecule has 0 aliphatic carbocycles. The third-order valence-corrected chi connectivity index (χ3v) is 3.21. The second kappa shape index (κ2) is 5.90. The number of hydrazone groups is 1. The van der Waals surface area contributed by atoms with Crippen LogP contribution in [0.15, 0.2) is 29.5 Å². The van der Waals surface area contributed by atoms with Gasteiger partial charge in [-0.3, -0.25) is 0 Å². The maximum Gasteiger partial charge on any atom is 0.275 e. The van der Waals surface area contributed by atoms with E-state index in [-0.39, 0.29) is 5.96 Å². The lowest BCUT2D eigenvalue weighted by molar-refractivity contribution is -0.485. The molecule has 2 rings (SSSR count). The Kier molecular flexibility index (Phi) is 4.24. The molecule has 1 saturated heterocycles. The van der Waals surface area contributed by atoms with Crippen molar-refractivity contribution in [2.75, 3.05) is 13.1 Å². The van der Waals surface area contributed by atoms with E-state index in [1.54, 1.807) is 35.4 Å². The van der Waals surface area contributed by atoms with E-state index in [0.29, 0.717) is 23.1 Å². The predicted octanol–water partition coefficient (Wildman–Crippen LogP) is 2.42. The van der Waals surface area contributed by atoms with Gasteiger partial charge in [-0.05, 0) is 23.8 Å². The quantitative estimate of drug-likeness (QED) is 0.687. The fraction of sp³-hybridized carbons (Fsp3) is 0.182. The molecule has 19 heavy (non-hydrogen) atoms. The van der Waals surface area contributed by atoms with Gasteiger partial charge < -0.3 is 10.2 Å². The van der Waals surface area contributed by atoms with Gasteiger partial charge in [-0.25, -0.2) is 10.1 Å². The molecule has 0 aromatic heterocycles. The van der Waals surface area contributed by atoms with Gasteiger partial charge in [0, 0.05) is 19.3 Å². The minimum Gasteiger partial charge on any atom is -0.349 e. The highest BCUT2D eigenvalue weighted by Crippen LogP contribution is 2.23. The maximum absolute atomic E-state index is 10.4. The summed E-state index contributed by atoms with van der Waals surface area (Å²) in [5, 5.41) is 16.7. The molecule has 1 fully saturated rings. The van der Waals surface area contributed by atoms with Crippen LogP contribution in [0.3, 0.4) is 0 Å². The van der Waals surface area contributed by atoms with E-state index in [2.05, 4.69) is 10.4 Å². The second-order valence-corrected chi connectivity index (χ2v) is 4.59. The van der Waals surface area contributed by atoms with E-state index < -0.39 is 5.03 Å². The molecule has 0 unspecified atom stereocenters. The molecule has 0 atom stereocenters. The van der Waals surface area contributed by atoms with E-state index >= 15 is 0 Å². The average Bonchev–Trinajstić information content (AvgIpc) is 2.77. The number of rotatable bonds is 3. The molecule has 0 spiro atoms. The smallest absolute Gasteiger partial charge is 0.275 e. The van der Waals surface area contributed by atoms with Gasteiger partial charge in [0.05, 0.1) is 10.0 Å². The van der Waals surface area contributed by atoms with Crippen molar-refractivity contribution in [2.45, 2.75) is 0 Å². The predicted molar refractivity (Wildman–Crippen MR) is 74.6 cm³/mol. The number of benzene rings is 1. The lowest BCUT2D eigenvalue weighted by atomic mass is 10.2. The van der Waals surface area contributed by atoms with Gasteiger partial charge in [0.15, 0.2) is 5.03 Å². The van der Waals surface area contributed by atoms with E-state index in [0.717, 1.165) is 5.56 Å². The Balaban J connectivity index is 2.13. The zero-order chi connectivity index (χ0) is 13.8. The van der Waals surface area contributed by atoms with Crippen molar-refractivity contribution in [3.05, 3.63) is 50.1 Å². The van der Waals surface area contributed by atoms with Gasteiger partial charge in [0.2, 0.25) is 0 Å². The summed E-state index contributed by atoms with van der Waals surface area (Å²) in [6.07, 6.45) is 3.49. The van der Waals surface area contributed by atoms with Gasteiger partial charge in [-0.2, -0.15) is 0 Å². The van der Waals surface area contributed by atoms with Gasteiger partial charge in [0.1, 0.15) is 5.10 Å². The van der Waals surface area contributed by atoms with Gasteiger partial charge in [0.25, 0.3) is 5.96 Å². The molecule has 1 aliphatic rings. The Hall–Kier alpha value is -1.79. The fourth-order valence-corrected chi connectivity index (χ4v) is 1.91. The standard InChI is InChI=1S/C11H10Cl2N4O2/c12-9-2-1-8(7-10(9)13)3-5-16-6-4-14-11(16)15-17(18)19/h1-3,5,7H,4,6H2,(H,14,15)/b5-3+. The highest BCUT2D eigenvalue weighted by Gasteiger charge is 2.18. The third kappa shape index (κ3) is 3.59. The maximum atomic E-state index is 10.4. The third-order valence-electron chi connectivity index (χ3n) is 2.47. The molecule has 1 N–H and O–H groups in total. The van der Waals surface area contributed by atoms with E-state index in [9.17, 15) is 10.1 Å². The van der Waals surface area contributed by atoms with Crippen molar-refractivity contribution in [2.24, 2.45) is 5.10 Å². The molecule has 1 aliphatic heterocycles. The normalized spacial score (nSPS) is 17.2. The Morgan fingerprint density at radius 1 is 1.42 bits per heavy atom. The first-order chi connectivity index (χ1) is 9.06. The average molecular weight is 301 g/mol. The molecule has 6 nitrogen and oxygen atoms in total. The van der Waals surface area contributed by atoms with Crippen molar-refractivity contribution in [3.63, 3.8) is 0 Å². The Morgan fingerprint density at radius 2 is 2.21 bits per heavy atom. The van der Waals surface area contributed by atoms with Crippen LogP contribution in [0.5, 0.6) is 0 Å². The van der Waals surface area contributed by atoms with Crippen molar-refractivity contribution in [3.8, 4) is 0 Å². The first kappa shape index (κ1) is 13.6. The number of halogens is 2. The highest BCUT2D eigenvalue weighted by atomic mass is 35.5. The molecular formula is C11H10Cl2N4O2. The first-order valence-corrected chi connectivity index (χ1v) is 6.18. The van der Waals surface area contributed by atoms with E-state index in [1.165, 1.54) is 0 Å². The summed E-state index contributed by atoms with van der Waals surface area (Å²) in [5.41, 5.74) is 0.849. The van der Waals surface area contributed by atoms with E-state index in [1.807, 2.05) is 0 Å². The van der Waals surface area contributed by atoms with E-state index in [4.69, 9.17) is 23.2 Å². The Morgan fingerprint density at radius 3 is 2.89 bits per heavy atom. The van der Waals surface area contributed by atoms with Crippen LogP contribution in [0, 0.1) is 10.1 Å². The second-order valence-electron chi connectivity index (χ2n) is 3.77. The molecule has 0 saturated carbocycles. The molecule has 0 bridgehead atoms. The number of nitrogens with one attached hydrogen (secondary N) is 1. The number of hydrogen-bond donors (Lipinski definition) is 1. The van der Waals surface area contributed by atoms with Crippen molar-refractivity contribution >= 4 is 35.2 Å². The SMILES string of the molecule is O=[N+]([O-])/N=C1\NCCN1/C=C/c1ccc(Cl)c(Cl)c1. The Labute approximate surface area is 119 Å². The zero-order valence-corrected chi connectivity index (χ0v) is 11.2. The molecule has 1 aromatic carbocycles. The molecule has 0 radical (unpaired) electrons. The zero-order valence-electron chi connectivity index (χ0n) is 9.72. The van der Waals surface area contributed by atoms with Crippen LogP contribution in [0.25, 0.3) is 6.08 Å². The summed E-state index contributed by atoms with van der Waals surface area (Å²) in [7, 11) is 0. The molecule has 1 heterocycles.